The number of hydrogen-bond donors (Lipinski definition) is 1. The van der Waals surface area contributed by atoms with Gasteiger partial charge in [0.05, 0.1) is 12.3 Å². The molecule has 18 heavy (non-hydrogen) atoms. The van der Waals surface area contributed by atoms with Crippen LogP contribution in [0.2, 0.25) is 0 Å². The van der Waals surface area contributed by atoms with Gasteiger partial charge < -0.3 is 4.74 Å². The Morgan fingerprint density at radius 3 is 2.78 bits per heavy atom. The Hall–Kier alpha value is -1.14. The summed E-state index contributed by atoms with van der Waals surface area (Å²) in [6.45, 7) is 1.86. The van der Waals surface area contributed by atoms with Gasteiger partial charge in [-0.05, 0) is 32.6 Å². The highest BCUT2D eigenvalue weighted by Crippen LogP contribution is 2.29. The van der Waals surface area contributed by atoms with Crippen LogP contribution in [0.25, 0.3) is 0 Å². The van der Waals surface area contributed by atoms with Crippen molar-refractivity contribution in [2.75, 3.05) is 11.9 Å². The lowest BCUT2D eigenvalue weighted by Gasteiger charge is -2.06. The Labute approximate surface area is 115 Å². The van der Waals surface area contributed by atoms with Crippen LogP contribution in [0.15, 0.2) is 0 Å². The first-order chi connectivity index (χ1) is 8.20. The SMILES string of the molecule is CCOC(=O)C(=O)Nc1nc2c(s1)CCCC2.Cl. The van der Waals surface area contributed by atoms with E-state index in [1.54, 1.807) is 6.92 Å². The standard InChI is InChI=1S/C11H14N2O3S.ClH/c1-2-16-10(15)9(14)13-11-12-7-5-3-4-6-8(7)17-11;/h2-6H2,1H3,(H,12,13,14);1H. The summed E-state index contributed by atoms with van der Waals surface area (Å²) in [6, 6.07) is 0. The number of halogens is 1. The van der Waals surface area contributed by atoms with Crippen LogP contribution in [0.4, 0.5) is 5.13 Å². The molecule has 0 spiro atoms. The zero-order valence-corrected chi connectivity index (χ0v) is 11.7. The number of carbonyl (C=O) groups excluding carboxylic acids is 2. The molecule has 0 saturated carbocycles. The van der Waals surface area contributed by atoms with Crippen LogP contribution in [-0.4, -0.2) is 23.5 Å². The quantitative estimate of drug-likeness (QED) is 0.668. The summed E-state index contributed by atoms with van der Waals surface area (Å²) in [4.78, 5) is 28.1. The number of esters is 1. The molecule has 1 aliphatic rings. The highest BCUT2D eigenvalue weighted by molar-refractivity contribution is 7.16. The first-order valence-electron chi connectivity index (χ1n) is 5.67. The topological polar surface area (TPSA) is 68.3 Å². The summed E-state index contributed by atoms with van der Waals surface area (Å²) in [6.07, 6.45) is 4.28. The van der Waals surface area contributed by atoms with Crippen molar-refractivity contribution in [3.05, 3.63) is 10.6 Å². The monoisotopic (exact) mass is 290 g/mol. The molecule has 100 valence electrons. The van der Waals surface area contributed by atoms with Gasteiger partial charge in [0, 0.05) is 4.88 Å². The summed E-state index contributed by atoms with van der Waals surface area (Å²) in [5.41, 5.74) is 1.06. The van der Waals surface area contributed by atoms with Gasteiger partial charge >= 0.3 is 11.9 Å². The van der Waals surface area contributed by atoms with E-state index in [9.17, 15) is 9.59 Å². The summed E-state index contributed by atoms with van der Waals surface area (Å²) in [5.74, 6) is -1.61. The highest BCUT2D eigenvalue weighted by Gasteiger charge is 2.19. The van der Waals surface area contributed by atoms with Gasteiger partial charge in [-0.15, -0.1) is 23.7 Å². The third kappa shape index (κ3) is 3.43. The second-order valence-electron chi connectivity index (χ2n) is 3.77. The van der Waals surface area contributed by atoms with Crippen LogP contribution in [0.1, 0.15) is 30.3 Å². The molecular weight excluding hydrogens is 276 g/mol. The average Bonchev–Trinajstić information content (AvgIpc) is 2.71. The maximum Gasteiger partial charge on any atom is 0.397 e. The third-order valence-corrected chi connectivity index (χ3v) is 3.60. The van der Waals surface area contributed by atoms with Crippen molar-refractivity contribution in [2.45, 2.75) is 32.6 Å². The molecule has 0 bridgehead atoms. The first-order valence-corrected chi connectivity index (χ1v) is 6.49. The lowest BCUT2D eigenvalue weighted by atomic mass is 10.0. The second-order valence-corrected chi connectivity index (χ2v) is 4.85. The molecular formula is C11H15ClN2O3S. The fourth-order valence-electron chi connectivity index (χ4n) is 1.75. The zero-order valence-electron chi connectivity index (χ0n) is 10.0. The number of amides is 1. The Kier molecular flexibility index (Phi) is 5.55. The van der Waals surface area contributed by atoms with E-state index in [-0.39, 0.29) is 19.0 Å². The molecule has 0 saturated heterocycles. The molecule has 0 atom stereocenters. The molecule has 7 heteroatoms. The van der Waals surface area contributed by atoms with E-state index in [0.717, 1.165) is 25.0 Å². The Morgan fingerprint density at radius 2 is 2.11 bits per heavy atom. The molecule has 1 aliphatic carbocycles. The van der Waals surface area contributed by atoms with E-state index in [1.165, 1.54) is 22.6 Å². The summed E-state index contributed by atoms with van der Waals surface area (Å²) in [5, 5.41) is 2.97. The van der Waals surface area contributed by atoms with Crippen LogP contribution in [-0.2, 0) is 27.2 Å². The number of aryl methyl sites for hydroxylation is 2. The van der Waals surface area contributed by atoms with E-state index in [1.807, 2.05) is 0 Å². The van der Waals surface area contributed by atoms with Crippen molar-refractivity contribution in [2.24, 2.45) is 0 Å². The van der Waals surface area contributed by atoms with Crippen molar-refractivity contribution in [1.82, 2.24) is 4.98 Å². The van der Waals surface area contributed by atoms with Gasteiger partial charge in [0.2, 0.25) is 0 Å². The molecule has 0 aliphatic heterocycles. The second kappa shape index (κ2) is 6.70. The van der Waals surface area contributed by atoms with Gasteiger partial charge in [0.25, 0.3) is 0 Å². The van der Waals surface area contributed by atoms with E-state index in [0.29, 0.717) is 5.13 Å². The van der Waals surface area contributed by atoms with E-state index in [4.69, 9.17) is 0 Å². The number of aromatic nitrogens is 1. The smallest absolute Gasteiger partial charge is 0.397 e. The number of rotatable bonds is 2. The predicted molar refractivity (Wildman–Crippen MR) is 71.3 cm³/mol. The summed E-state index contributed by atoms with van der Waals surface area (Å²) >= 11 is 1.45. The number of fused-ring (bicyclic) bond motifs is 1. The summed E-state index contributed by atoms with van der Waals surface area (Å²) in [7, 11) is 0. The average molecular weight is 291 g/mol. The molecule has 0 fully saturated rings. The van der Waals surface area contributed by atoms with Gasteiger partial charge in [-0.3, -0.25) is 10.1 Å². The number of hydrogen-bond acceptors (Lipinski definition) is 5. The number of anilines is 1. The minimum absolute atomic E-state index is 0. The minimum Gasteiger partial charge on any atom is -0.459 e. The molecule has 1 aromatic rings. The maximum absolute atomic E-state index is 11.4. The van der Waals surface area contributed by atoms with Gasteiger partial charge in [0.15, 0.2) is 5.13 Å². The van der Waals surface area contributed by atoms with Crippen LogP contribution in [0, 0.1) is 0 Å². The Bertz CT molecular complexity index is 424. The van der Waals surface area contributed by atoms with Crippen LogP contribution in [0.3, 0.4) is 0 Å². The zero-order chi connectivity index (χ0) is 12.3. The molecule has 5 nitrogen and oxygen atoms in total. The fraction of sp³-hybridized carbons (Fsp3) is 0.545. The van der Waals surface area contributed by atoms with E-state index in [2.05, 4.69) is 15.0 Å². The lowest BCUT2D eigenvalue weighted by Crippen LogP contribution is -2.24. The number of carbonyl (C=O) groups is 2. The lowest BCUT2D eigenvalue weighted by molar-refractivity contribution is -0.152. The molecule has 0 aromatic carbocycles. The Balaban J connectivity index is 0.00000162. The van der Waals surface area contributed by atoms with Crippen molar-refractivity contribution in [1.29, 1.82) is 0 Å². The van der Waals surface area contributed by atoms with Gasteiger partial charge in [0.1, 0.15) is 0 Å². The number of nitrogens with zero attached hydrogens (tertiary/aromatic N) is 1. The number of thiazole rings is 1. The first kappa shape index (κ1) is 14.9. The predicted octanol–water partition coefficient (Wildman–Crippen LogP) is 1.95. The van der Waals surface area contributed by atoms with Crippen LogP contribution < -0.4 is 5.32 Å². The van der Waals surface area contributed by atoms with Crippen molar-refractivity contribution < 1.29 is 14.3 Å². The summed E-state index contributed by atoms with van der Waals surface area (Å²) < 4.78 is 4.60. The van der Waals surface area contributed by atoms with Crippen molar-refractivity contribution in [3.63, 3.8) is 0 Å². The molecule has 0 unspecified atom stereocenters. The number of ether oxygens (including phenoxy) is 1. The molecule has 1 aromatic heterocycles. The van der Waals surface area contributed by atoms with E-state index >= 15 is 0 Å². The molecule has 1 amide bonds. The van der Waals surface area contributed by atoms with Gasteiger partial charge in [-0.25, -0.2) is 9.78 Å². The maximum atomic E-state index is 11.4. The fourth-order valence-corrected chi connectivity index (χ4v) is 2.80. The largest absolute Gasteiger partial charge is 0.459 e. The normalized spacial score (nSPS) is 13.2. The minimum atomic E-state index is -0.860. The highest BCUT2D eigenvalue weighted by atomic mass is 35.5. The Morgan fingerprint density at radius 1 is 1.39 bits per heavy atom. The molecule has 1 N–H and O–H groups in total. The number of nitrogens with one attached hydrogen (secondary N) is 1. The third-order valence-electron chi connectivity index (χ3n) is 2.53. The molecule has 1 heterocycles. The van der Waals surface area contributed by atoms with Gasteiger partial charge in [-0.2, -0.15) is 0 Å². The van der Waals surface area contributed by atoms with Crippen molar-refractivity contribution in [3.8, 4) is 0 Å². The molecule has 0 radical (unpaired) electrons. The van der Waals surface area contributed by atoms with Gasteiger partial charge in [-0.1, -0.05) is 0 Å². The molecule has 2 rings (SSSR count). The van der Waals surface area contributed by atoms with Crippen molar-refractivity contribution >= 4 is 40.8 Å². The van der Waals surface area contributed by atoms with Crippen LogP contribution in [0.5, 0.6) is 0 Å². The van der Waals surface area contributed by atoms with Crippen LogP contribution >= 0.6 is 23.7 Å². The van der Waals surface area contributed by atoms with E-state index < -0.39 is 11.9 Å².